The van der Waals surface area contributed by atoms with E-state index < -0.39 is 0 Å². The summed E-state index contributed by atoms with van der Waals surface area (Å²) in [6.45, 7) is 8.46. The first-order valence-electron chi connectivity index (χ1n) is 8.96. The van der Waals surface area contributed by atoms with Crippen LogP contribution < -0.4 is 0 Å². The second kappa shape index (κ2) is 15.8. The Labute approximate surface area is 123 Å². The molecule has 0 aromatic carbocycles. The lowest BCUT2D eigenvalue weighted by Gasteiger charge is -2.16. The molecular weight excluding hydrogens is 228 g/mol. The van der Waals surface area contributed by atoms with Gasteiger partial charge < -0.3 is 0 Å². The highest BCUT2D eigenvalue weighted by Gasteiger charge is 2.07. The number of allylic oxidation sites excluding steroid dienone is 1. The summed E-state index contributed by atoms with van der Waals surface area (Å²) in [5.41, 5.74) is 0. The van der Waals surface area contributed by atoms with Gasteiger partial charge in [-0.2, -0.15) is 0 Å². The molecule has 0 N–H and O–H groups in total. The lowest BCUT2D eigenvalue weighted by atomic mass is 9.90. The molecule has 0 heterocycles. The van der Waals surface area contributed by atoms with Crippen LogP contribution in [0.25, 0.3) is 0 Å². The van der Waals surface area contributed by atoms with Crippen LogP contribution in [0.5, 0.6) is 0 Å². The maximum Gasteiger partial charge on any atom is -0.0351 e. The second-order valence-corrected chi connectivity index (χ2v) is 6.14. The average Bonchev–Trinajstić information content (AvgIpc) is 2.43. The van der Waals surface area contributed by atoms with Gasteiger partial charge in [0.05, 0.1) is 0 Å². The van der Waals surface area contributed by atoms with Crippen molar-refractivity contribution in [3.63, 3.8) is 0 Å². The topological polar surface area (TPSA) is 0 Å². The van der Waals surface area contributed by atoms with Gasteiger partial charge in [0, 0.05) is 0 Å². The molecule has 0 bridgehead atoms. The molecule has 0 spiro atoms. The van der Waals surface area contributed by atoms with E-state index in [1.54, 1.807) is 0 Å². The molecule has 0 atom stereocenters. The van der Waals surface area contributed by atoms with Gasteiger partial charge in [0.2, 0.25) is 0 Å². The average molecular weight is 267 g/mol. The summed E-state index contributed by atoms with van der Waals surface area (Å²) in [6, 6.07) is 0. The predicted molar refractivity (Wildman–Crippen MR) is 89.7 cm³/mol. The van der Waals surface area contributed by atoms with Crippen LogP contribution in [0.3, 0.4) is 0 Å². The van der Waals surface area contributed by atoms with E-state index in [2.05, 4.69) is 26.5 Å². The van der Waals surface area contributed by atoms with Crippen LogP contribution >= 0.6 is 0 Å². The van der Waals surface area contributed by atoms with Crippen molar-refractivity contribution in [1.82, 2.24) is 0 Å². The Balaban J connectivity index is 3.59. The van der Waals surface area contributed by atoms with E-state index in [0.717, 1.165) is 5.92 Å². The van der Waals surface area contributed by atoms with E-state index in [1.807, 2.05) is 0 Å². The van der Waals surface area contributed by atoms with Gasteiger partial charge >= 0.3 is 0 Å². The van der Waals surface area contributed by atoms with Crippen molar-refractivity contribution < 1.29 is 0 Å². The zero-order valence-electron chi connectivity index (χ0n) is 13.8. The minimum Gasteiger partial charge on any atom is -0.103 e. The normalized spacial score (nSPS) is 11.1. The molecule has 114 valence electrons. The molecule has 0 rings (SSSR count). The predicted octanol–water partition coefficient (Wildman–Crippen LogP) is 7.29. The van der Waals surface area contributed by atoms with Crippen molar-refractivity contribution in [3.8, 4) is 0 Å². The Morgan fingerprint density at radius 2 is 1.16 bits per heavy atom. The first-order chi connectivity index (χ1) is 9.35. The third kappa shape index (κ3) is 14.0. The molecule has 0 amide bonds. The summed E-state index contributed by atoms with van der Waals surface area (Å²) in [5, 5.41) is 0. The fraction of sp³-hybridized carbons (Fsp3) is 0.895. The maximum absolute atomic E-state index is 3.87. The van der Waals surface area contributed by atoms with E-state index >= 15 is 0 Å². The van der Waals surface area contributed by atoms with Crippen LogP contribution in [-0.2, 0) is 0 Å². The van der Waals surface area contributed by atoms with Crippen molar-refractivity contribution in [2.45, 2.75) is 104 Å². The van der Waals surface area contributed by atoms with E-state index in [0.29, 0.717) is 0 Å². The van der Waals surface area contributed by atoms with E-state index in [-0.39, 0.29) is 0 Å². The third-order valence-electron chi connectivity index (χ3n) is 4.21. The van der Waals surface area contributed by atoms with Crippen LogP contribution in [0, 0.1) is 5.92 Å². The smallest absolute Gasteiger partial charge is 0.0351 e. The minimum absolute atomic E-state index is 0.973. The van der Waals surface area contributed by atoms with Gasteiger partial charge in [0.25, 0.3) is 0 Å². The minimum atomic E-state index is 0.973. The molecule has 0 aliphatic carbocycles. The number of rotatable bonds is 15. The summed E-state index contributed by atoms with van der Waals surface area (Å²) >= 11 is 0. The standard InChI is InChI=1S/C19H38/c1-4-7-10-12-14-17-19(16-9-6-3)18-15-13-11-8-5-2/h6,19H,3-5,7-18H2,1-2H3. The highest BCUT2D eigenvalue weighted by molar-refractivity contribution is 4.70. The van der Waals surface area contributed by atoms with Crippen molar-refractivity contribution in [2.75, 3.05) is 0 Å². The molecule has 0 saturated carbocycles. The van der Waals surface area contributed by atoms with Crippen LogP contribution in [0.2, 0.25) is 0 Å². The second-order valence-electron chi connectivity index (χ2n) is 6.14. The van der Waals surface area contributed by atoms with Gasteiger partial charge in [0.15, 0.2) is 0 Å². The van der Waals surface area contributed by atoms with Crippen LogP contribution in [0.1, 0.15) is 104 Å². The van der Waals surface area contributed by atoms with Gasteiger partial charge in [-0.1, -0.05) is 97.0 Å². The molecule has 0 aromatic heterocycles. The quantitative estimate of drug-likeness (QED) is 0.216. The van der Waals surface area contributed by atoms with Crippen molar-refractivity contribution in [3.05, 3.63) is 12.7 Å². The highest BCUT2D eigenvalue weighted by atomic mass is 14.1. The molecule has 0 nitrogen and oxygen atoms in total. The third-order valence-corrected chi connectivity index (χ3v) is 4.21. The zero-order valence-corrected chi connectivity index (χ0v) is 13.8. The van der Waals surface area contributed by atoms with Crippen molar-refractivity contribution >= 4 is 0 Å². The molecule has 19 heavy (non-hydrogen) atoms. The molecule has 0 saturated heterocycles. The number of hydrogen-bond acceptors (Lipinski definition) is 0. The van der Waals surface area contributed by atoms with Crippen molar-refractivity contribution in [1.29, 1.82) is 0 Å². The van der Waals surface area contributed by atoms with Gasteiger partial charge in [-0.3, -0.25) is 0 Å². The molecule has 0 aromatic rings. The van der Waals surface area contributed by atoms with E-state index in [9.17, 15) is 0 Å². The molecule has 0 unspecified atom stereocenters. The number of hydrogen-bond donors (Lipinski definition) is 0. The van der Waals surface area contributed by atoms with E-state index in [1.165, 1.54) is 89.9 Å². The molecular formula is C19H38. The Morgan fingerprint density at radius 3 is 1.58 bits per heavy atom. The summed E-state index contributed by atoms with van der Waals surface area (Å²) in [5.74, 6) is 0.973. The van der Waals surface area contributed by atoms with Crippen LogP contribution in [0.15, 0.2) is 12.7 Å². The number of unbranched alkanes of at least 4 members (excludes halogenated alkanes) is 8. The van der Waals surface area contributed by atoms with Gasteiger partial charge in [0.1, 0.15) is 0 Å². The lowest BCUT2D eigenvalue weighted by molar-refractivity contribution is 0.383. The largest absolute Gasteiger partial charge is 0.103 e. The Kier molecular flexibility index (Phi) is 15.6. The molecule has 0 aliphatic heterocycles. The fourth-order valence-corrected chi connectivity index (χ4v) is 2.86. The SMILES string of the molecule is C=CCCC(CCCCCCC)CCCCCCC. The molecule has 0 aliphatic rings. The van der Waals surface area contributed by atoms with Crippen molar-refractivity contribution in [2.24, 2.45) is 5.92 Å². The molecule has 0 radical (unpaired) electrons. The molecule has 0 fully saturated rings. The molecule has 0 heteroatoms. The zero-order chi connectivity index (χ0) is 14.2. The summed E-state index contributed by atoms with van der Waals surface area (Å²) < 4.78 is 0. The monoisotopic (exact) mass is 266 g/mol. The van der Waals surface area contributed by atoms with Crippen LogP contribution in [0.4, 0.5) is 0 Å². The van der Waals surface area contributed by atoms with Crippen LogP contribution in [-0.4, -0.2) is 0 Å². The van der Waals surface area contributed by atoms with Gasteiger partial charge in [-0.05, 0) is 18.8 Å². The highest BCUT2D eigenvalue weighted by Crippen LogP contribution is 2.23. The summed E-state index contributed by atoms with van der Waals surface area (Å²) in [6.07, 6.45) is 21.9. The summed E-state index contributed by atoms with van der Waals surface area (Å²) in [4.78, 5) is 0. The summed E-state index contributed by atoms with van der Waals surface area (Å²) in [7, 11) is 0. The van der Waals surface area contributed by atoms with Gasteiger partial charge in [-0.25, -0.2) is 0 Å². The van der Waals surface area contributed by atoms with E-state index in [4.69, 9.17) is 0 Å². The fourth-order valence-electron chi connectivity index (χ4n) is 2.86. The maximum atomic E-state index is 3.87. The first kappa shape index (κ1) is 18.7. The van der Waals surface area contributed by atoms with Gasteiger partial charge in [-0.15, -0.1) is 6.58 Å². The first-order valence-corrected chi connectivity index (χ1v) is 8.96. The Bertz CT molecular complexity index is 157. The Hall–Kier alpha value is -0.260. The Morgan fingerprint density at radius 1 is 0.684 bits per heavy atom. The lowest BCUT2D eigenvalue weighted by Crippen LogP contribution is -2.01.